The number of hydrogen-bond donors (Lipinski definition) is 1. The van der Waals surface area contributed by atoms with Gasteiger partial charge in [-0.15, -0.1) is 23.2 Å². The van der Waals surface area contributed by atoms with Gasteiger partial charge in [0.05, 0.1) is 0 Å². The molecule has 1 amide bonds. The number of carbonyl (C=O) groups excluding carboxylic acids is 1. The lowest BCUT2D eigenvalue weighted by atomic mass is 10.3. The highest BCUT2D eigenvalue weighted by atomic mass is 35.5. The number of nitrogens with zero attached hydrogens (tertiary/aromatic N) is 2. The number of amides is 1. The van der Waals surface area contributed by atoms with Crippen molar-refractivity contribution in [1.82, 2.24) is 15.1 Å². The second kappa shape index (κ2) is 5.88. The van der Waals surface area contributed by atoms with Gasteiger partial charge in [0.15, 0.2) is 0 Å². The van der Waals surface area contributed by atoms with E-state index in [2.05, 4.69) is 10.2 Å². The minimum atomic E-state index is -0.121. The Morgan fingerprint density at radius 1 is 1.43 bits per heavy atom. The van der Waals surface area contributed by atoms with E-state index >= 15 is 0 Å². The number of H-pyrrole nitrogens is 1. The zero-order chi connectivity index (χ0) is 10.4. The normalized spacial score (nSPS) is 10.1. The van der Waals surface area contributed by atoms with Crippen molar-refractivity contribution >= 4 is 29.1 Å². The molecular weight excluding hydrogens is 225 g/mol. The third kappa shape index (κ3) is 2.89. The summed E-state index contributed by atoms with van der Waals surface area (Å²) in [4.78, 5) is 13.3. The minimum absolute atomic E-state index is 0.121. The molecule has 0 saturated carbocycles. The third-order valence-corrected chi connectivity index (χ3v) is 2.07. The Bertz CT molecular complexity index is 270. The van der Waals surface area contributed by atoms with Crippen molar-refractivity contribution in [3.8, 4) is 0 Å². The van der Waals surface area contributed by atoms with E-state index in [0.29, 0.717) is 30.5 Å². The predicted molar refractivity (Wildman–Crippen MR) is 55.9 cm³/mol. The molecule has 1 rings (SSSR count). The number of carbonyl (C=O) groups is 1. The fraction of sp³-hybridized carbons (Fsp3) is 0.500. The second-order valence-electron chi connectivity index (χ2n) is 2.64. The highest BCUT2D eigenvalue weighted by Gasteiger charge is 2.15. The van der Waals surface area contributed by atoms with Gasteiger partial charge in [-0.2, -0.15) is 5.10 Å². The first-order valence-corrected chi connectivity index (χ1v) is 5.27. The van der Waals surface area contributed by atoms with E-state index in [1.807, 2.05) is 0 Å². The first-order chi connectivity index (χ1) is 6.79. The fourth-order valence-corrected chi connectivity index (χ4v) is 1.47. The molecule has 0 aliphatic carbocycles. The largest absolute Gasteiger partial charge is 0.335 e. The lowest BCUT2D eigenvalue weighted by molar-refractivity contribution is 0.0769. The average Bonchev–Trinajstić information content (AvgIpc) is 2.69. The summed E-state index contributed by atoms with van der Waals surface area (Å²) in [5.41, 5.74) is 0.459. The average molecular weight is 236 g/mol. The molecule has 0 saturated heterocycles. The molecule has 1 aromatic heterocycles. The van der Waals surface area contributed by atoms with Crippen molar-refractivity contribution in [3.63, 3.8) is 0 Å². The number of rotatable bonds is 5. The Hall–Kier alpha value is -0.740. The van der Waals surface area contributed by atoms with Gasteiger partial charge in [-0.05, 0) is 6.07 Å². The van der Waals surface area contributed by atoms with Gasteiger partial charge in [0.25, 0.3) is 5.91 Å². The van der Waals surface area contributed by atoms with E-state index in [1.165, 1.54) is 6.20 Å². The Morgan fingerprint density at radius 3 is 2.50 bits per heavy atom. The smallest absolute Gasteiger partial charge is 0.271 e. The second-order valence-corrected chi connectivity index (χ2v) is 3.40. The molecule has 1 N–H and O–H groups in total. The van der Waals surface area contributed by atoms with Gasteiger partial charge in [-0.3, -0.25) is 9.89 Å². The van der Waals surface area contributed by atoms with Crippen LogP contribution in [0.25, 0.3) is 0 Å². The molecule has 0 atom stereocenters. The van der Waals surface area contributed by atoms with Crippen LogP contribution < -0.4 is 0 Å². The van der Waals surface area contributed by atoms with E-state index in [-0.39, 0.29) is 5.91 Å². The van der Waals surface area contributed by atoms with Crippen molar-refractivity contribution in [2.75, 3.05) is 24.8 Å². The first kappa shape index (κ1) is 11.3. The van der Waals surface area contributed by atoms with Crippen LogP contribution in [0.3, 0.4) is 0 Å². The van der Waals surface area contributed by atoms with Crippen LogP contribution in [-0.2, 0) is 0 Å². The number of halogens is 2. The minimum Gasteiger partial charge on any atom is -0.335 e. The Morgan fingerprint density at radius 2 is 2.07 bits per heavy atom. The summed E-state index contributed by atoms with van der Waals surface area (Å²) < 4.78 is 0. The third-order valence-electron chi connectivity index (χ3n) is 1.73. The number of alkyl halides is 2. The topological polar surface area (TPSA) is 49.0 Å². The van der Waals surface area contributed by atoms with Crippen molar-refractivity contribution in [2.45, 2.75) is 0 Å². The molecule has 78 valence electrons. The SMILES string of the molecule is O=C(c1ccn[nH]1)N(CCCl)CCCl. The molecule has 4 nitrogen and oxygen atoms in total. The number of aromatic nitrogens is 2. The van der Waals surface area contributed by atoms with Crippen LogP contribution >= 0.6 is 23.2 Å². The van der Waals surface area contributed by atoms with E-state index < -0.39 is 0 Å². The lowest BCUT2D eigenvalue weighted by Crippen LogP contribution is -2.34. The molecule has 0 aliphatic heterocycles. The maximum Gasteiger partial charge on any atom is 0.271 e. The molecule has 0 aromatic carbocycles. The molecule has 1 heterocycles. The molecule has 0 radical (unpaired) electrons. The van der Waals surface area contributed by atoms with Gasteiger partial charge in [0, 0.05) is 31.0 Å². The van der Waals surface area contributed by atoms with Crippen LogP contribution in [0.2, 0.25) is 0 Å². The molecule has 0 fully saturated rings. The highest BCUT2D eigenvalue weighted by Crippen LogP contribution is 2.01. The maximum absolute atomic E-state index is 11.7. The molecule has 0 spiro atoms. The first-order valence-electron chi connectivity index (χ1n) is 4.20. The molecule has 0 bridgehead atoms. The fourth-order valence-electron chi connectivity index (χ4n) is 1.06. The predicted octanol–water partition coefficient (Wildman–Crippen LogP) is 1.33. The number of nitrogens with one attached hydrogen (secondary N) is 1. The van der Waals surface area contributed by atoms with Crippen LogP contribution in [-0.4, -0.2) is 45.9 Å². The zero-order valence-corrected chi connectivity index (χ0v) is 9.05. The maximum atomic E-state index is 11.7. The van der Waals surface area contributed by atoms with Gasteiger partial charge >= 0.3 is 0 Å². The molecular formula is C8H11Cl2N3O. The standard InChI is InChI=1S/C8H11Cl2N3O/c9-2-5-13(6-3-10)8(14)7-1-4-11-12-7/h1,4H,2-3,5-6H2,(H,11,12). The monoisotopic (exact) mass is 235 g/mol. The van der Waals surface area contributed by atoms with Gasteiger partial charge in [0.2, 0.25) is 0 Å². The zero-order valence-electron chi connectivity index (χ0n) is 7.54. The molecule has 0 aliphatic rings. The van der Waals surface area contributed by atoms with E-state index in [0.717, 1.165) is 0 Å². The van der Waals surface area contributed by atoms with Crippen LogP contribution in [0.1, 0.15) is 10.5 Å². The lowest BCUT2D eigenvalue weighted by Gasteiger charge is -2.19. The Kier molecular flexibility index (Phi) is 4.76. The summed E-state index contributed by atoms with van der Waals surface area (Å²) in [6, 6.07) is 1.62. The highest BCUT2D eigenvalue weighted by molar-refractivity contribution is 6.18. The summed E-state index contributed by atoms with van der Waals surface area (Å²) in [6.45, 7) is 0.984. The number of aromatic amines is 1. The molecule has 0 unspecified atom stereocenters. The quantitative estimate of drug-likeness (QED) is 0.784. The van der Waals surface area contributed by atoms with E-state index in [4.69, 9.17) is 23.2 Å². The summed E-state index contributed by atoms with van der Waals surface area (Å²) in [6.07, 6.45) is 1.53. The molecule has 6 heteroatoms. The summed E-state index contributed by atoms with van der Waals surface area (Å²) in [5, 5.41) is 6.31. The van der Waals surface area contributed by atoms with Crippen LogP contribution in [0.15, 0.2) is 12.3 Å². The van der Waals surface area contributed by atoms with Crippen LogP contribution in [0.4, 0.5) is 0 Å². The van der Waals surface area contributed by atoms with Crippen molar-refractivity contribution in [3.05, 3.63) is 18.0 Å². The van der Waals surface area contributed by atoms with Gasteiger partial charge in [0.1, 0.15) is 5.69 Å². The summed E-state index contributed by atoms with van der Waals surface area (Å²) in [5.74, 6) is 0.678. The van der Waals surface area contributed by atoms with Crippen molar-refractivity contribution < 1.29 is 4.79 Å². The molecule has 1 aromatic rings. The summed E-state index contributed by atoms with van der Waals surface area (Å²) in [7, 11) is 0. The number of hydrogen-bond acceptors (Lipinski definition) is 2. The van der Waals surface area contributed by atoms with Gasteiger partial charge < -0.3 is 4.90 Å². The Labute approximate surface area is 92.2 Å². The van der Waals surface area contributed by atoms with E-state index in [9.17, 15) is 4.79 Å². The summed E-state index contributed by atoms with van der Waals surface area (Å²) >= 11 is 11.1. The van der Waals surface area contributed by atoms with Gasteiger partial charge in [-0.1, -0.05) is 0 Å². The van der Waals surface area contributed by atoms with E-state index in [1.54, 1.807) is 11.0 Å². The van der Waals surface area contributed by atoms with Crippen LogP contribution in [0, 0.1) is 0 Å². The van der Waals surface area contributed by atoms with Gasteiger partial charge in [-0.25, -0.2) is 0 Å². The van der Waals surface area contributed by atoms with Crippen molar-refractivity contribution in [1.29, 1.82) is 0 Å². The Balaban J connectivity index is 2.63. The van der Waals surface area contributed by atoms with Crippen molar-refractivity contribution in [2.24, 2.45) is 0 Å². The van der Waals surface area contributed by atoms with Crippen LogP contribution in [0.5, 0.6) is 0 Å². The molecule has 14 heavy (non-hydrogen) atoms.